The molecule has 2 aromatic rings. The molecule has 10 heteroatoms. The number of nitrogens with zero attached hydrogens (tertiary/aromatic N) is 3. The number of nitrogens with one attached hydrogen (secondary N) is 1. The van der Waals surface area contributed by atoms with Crippen LogP contribution in [0.2, 0.25) is 5.02 Å². The smallest absolute Gasteiger partial charge is 0.283 e. The van der Waals surface area contributed by atoms with Gasteiger partial charge in [-0.1, -0.05) is 24.6 Å². The van der Waals surface area contributed by atoms with Crippen molar-refractivity contribution in [3.63, 3.8) is 0 Å². The highest BCUT2D eigenvalue weighted by Crippen LogP contribution is 2.32. The summed E-state index contributed by atoms with van der Waals surface area (Å²) >= 11 is 8.94. The van der Waals surface area contributed by atoms with Gasteiger partial charge in [-0.25, -0.2) is 0 Å². The zero-order valence-electron chi connectivity index (χ0n) is 18.7. The molecule has 0 fully saturated rings. The Morgan fingerprint density at radius 1 is 1.21 bits per heavy atom. The lowest BCUT2D eigenvalue weighted by Gasteiger charge is -2.20. The standard InChI is InChI=1S/C24H23ClN4O3S2/c1-3-4-21-28-29-22(26)18(23(30)27-24(29)34-21)13-15-5-10-19(20(14-15)31-2)32-11-12-33-17-8-6-16(25)7-9-17/h5-10,13-14,26H,3-4,11-12H2,1-2H3/b18-13+,26-22?. The number of benzene rings is 2. The van der Waals surface area contributed by atoms with E-state index in [0.29, 0.717) is 33.9 Å². The van der Waals surface area contributed by atoms with Gasteiger partial charge in [-0.15, -0.1) is 11.8 Å². The molecule has 2 aliphatic rings. The van der Waals surface area contributed by atoms with E-state index in [-0.39, 0.29) is 11.4 Å². The summed E-state index contributed by atoms with van der Waals surface area (Å²) in [6.07, 6.45) is 3.36. The lowest BCUT2D eigenvalue weighted by atomic mass is 10.1. The highest BCUT2D eigenvalue weighted by atomic mass is 35.5. The molecule has 7 nitrogen and oxygen atoms in total. The molecule has 0 unspecified atom stereocenters. The van der Waals surface area contributed by atoms with Crippen LogP contribution in [0, 0.1) is 5.41 Å². The van der Waals surface area contributed by atoms with Gasteiger partial charge in [0.25, 0.3) is 5.91 Å². The van der Waals surface area contributed by atoms with Crippen LogP contribution in [-0.4, -0.2) is 46.4 Å². The van der Waals surface area contributed by atoms with E-state index in [9.17, 15) is 4.79 Å². The number of amidine groups is 2. The largest absolute Gasteiger partial charge is 0.493 e. The Morgan fingerprint density at radius 3 is 2.74 bits per heavy atom. The molecule has 0 bridgehead atoms. The van der Waals surface area contributed by atoms with E-state index in [1.54, 1.807) is 37.1 Å². The molecule has 0 aliphatic carbocycles. The molecule has 0 atom stereocenters. The first-order valence-corrected chi connectivity index (χ1v) is 12.8. The molecule has 176 valence electrons. The van der Waals surface area contributed by atoms with E-state index < -0.39 is 5.91 Å². The maximum Gasteiger partial charge on any atom is 0.283 e. The lowest BCUT2D eigenvalue weighted by Crippen LogP contribution is -2.35. The predicted octanol–water partition coefficient (Wildman–Crippen LogP) is 5.94. The van der Waals surface area contributed by atoms with Gasteiger partial charge in [-0.05, 0) is 72.6 Å². The van der Waals surface area contributed by atoms with Gasteiger partial charge in [0.1, 0.15) is 5.04 Å². The fourth-order valence-corrected chi connectivity index (χ4v) is 5.09. The first-order valence-electron chi connectivity index (χ1n) is 10.7. The van der Waals surface area contributed by atoms with E-state index in [0.717, 1.165) is 28.5 Å². The van der Waals surface area contributed by atoms with Crippen molar-refractivity contribution >= 4 is 63.2 Å². The van der Waals surface area contributed by atoms with E-state index in [4.69, 9.17) is 26.5 Å². The number of ether oxygens (including phenoxy) is 2. The highest BCUT2D eigenvalue weighted by Gasteiger charge is 2.35. The maximum absolute atomic E-state index is 12.6. The summed E-state index contributed by atoms with van der Waals surface area (Å²) in [4.78, 5) is 17.8. The molecule has 0 radical (unpaired) electrons. The topological polar surface area (TPSA) is 87.3 Å². The van der Waals surface area contributed by atoms with Crippen LogP contribution in [-0.2, 0) is 4.79 Å². The number of methoxy groups -OCH3 is 1. The SMILES string of the molecule is CCCC1=NN2C(=N)/C(=C\c3ccc(OCCSc4ccc(Cl)cc4)c(OC)c3)C(=O)N=C2S1. The normalized spacial score (nSPS) is 16.4. The maximum atomic E-state index is 12.6. The quantitative estimate of drug-likeness (QED) is 0.253. The molecule has 0 spiro atoms. The van der Waals surface area contributed by atoms with Crippen LogP contribution in [0.15, 0.2) is 63.0 Å². The third kappa shape index (κ3) is 5.65. The molecule has 2 aromatic carbocycles. The van der Waals surface area contributed by atoms with Crippen LogP contribution < -0.4 is 9.47 Å². The molecule has 1 N–H and O–H groups in total. The van der Waals surface area contributed by atoms with E-state index in [1.165, 1.54) is 16.8 Å². The number of carbonyl (C=O) groups is 1. The Labute approximate surface area is 211 Å². The van der Waals surface area contributed by atoms with Gasteiger partial charge in [0.05, 0.1) is 19.3 Å². The fourth-order valence-electron chi connectivity index (χ4n) is 3.25. The fraction of sp³-hybridized carbons (Fsp3) is 0.250. The minimum absolute atomic E-state index is 0.0205. The molecular weight excluding hydrogens is 492 g/mol. The van der Waals surface area contributed by atoms with Gasteiger partial charge >= 0.3 is 0 Å². The van der Waals surface area contributed by atoms with Crippen molar-refractivity contribution in [1.82, 2.24) is 5.01 Å². The molecule has 2 aliphatic heterocycles. The molecule has 4 rings (SSSR count). The Bertz CT molecular complexity index is 1200. The number of thioether (sulfide) groups is 2. The number of halogens is 1. The molecule has 0 saturated carbocycles. The van der Waals surface area contributed by atoms with Crippen LogP contribution >= 0.6 is 35.1 Å². The summed E-state index contributed by atoms with van der Waals surface area (Å²) in [5.74, 6) is 1.49. The number of hydrazone groups is 1. The molecule has 2 heterocycles. The summed E-state index contributed by atoms with van der Waals surface area (Å²) in [5, 5.41) is 16.4. The van der Waals surface area contributed by atoms with E-state index in [1.807, 2.05) is 30.3 Å². The van der Waals surface area contributed by atoms with Crippen molar-refractivity contribution < 1.29 is 14.3 Å². The van der Waals surface area contributed by atoms with Crippen LogP contribution in [0.1, 0.15) is 25.3 Å². The lowest BCUT2D eigenvalue weighted by molar-refractivity contribution is -0.114. The Balaban J connectivity index is 1.43. The number of hydrogen-bond acceptors (Lipinski definition) is 7. The average molecular weight is 515 g/mol. The minimum Gasteiger partial charge on any atom is -0.493 e. The highest BCUT2D eigenvalue weighted by molar-refractivity contribution is 8.26. The number of amides is 1. The zero-order chi connectivity index (χ0) is 24.1. The van der Waals surface area contributed by atoms with Gasteiger partial charge in [0.2, 0.25) is 5.17 Å². The molecule has 0 saturated heterocycles. The summed E-state index contributed by atoms with van der Waals surface area (Å²) in [7, 11) is 1.57. The van der Waals surface area contributed by atoms with Crippen LogP contribution in [0.4, 0.5) is 0 Å². The number of carbonyl (C=O) groups excluding carboxylic acids is 1. The second-order valence-electron chi connectivity index (χ2n) is 7.32. The second-order valence-corrected chi connectivity index (χ2v) is 9.97. The van der Waals surface area contributed by atoms with Crippen molar-refractivity contribution in [3.05, 3.63) is 58.6 Å². The van der Waals surface area contributed by atoms with Crippen molar-refractivity contribution in [2.24, 2.45) is 10.1 Å². The Hall–Kier alpha value is -2.75. The second kappa shape index (κ2) is 11.1. The number of aliphatic imine (C=N–C) groups is 1. The minimum atomic E-state index is -0.449. The number of rotatable bonds is 9. The third-order valence-electron chi connectivity index (χ3n) is 4.88. The summed E-state index contributed by atoms with van der Waals surface area (Å²) in [5.41, 5.74) is 0.886. The molecule has 34 heavy (non-hydrogen) atoms. The van der Waals surface area contributed by atoms with Crippen LogP contribution in [0.25, 0.3) is 6.08 Å². The van der Waals surface area contributed by atoms with Gasteiger partial charge in [-0.2, -0.15) is 15.1 Å². The van der Waals surface area contributed by atoms with Gasteiger partial charge in [0, 0.05) is 15.7 Å². The Morgan fingerprint density at radius 2 is 2.00 bits per heavy atom. The first-order chi connectivity index (χ1) is 16.5. The monoisotopic (exact) mass is 514 g/mol. The van der Waals surface area contributed by atoms with Crippen molar-refractivity contribution in [3.8, 4) is 11.5 Å². The number of hydrogen-bond donors (Lipinski definition) is 1. The van der Waals surface area contributed by atoms with Crippen LogP contribution in [0.3, 0.4) is 0 Å². The summed E-state index contributed by atoms with van der Waals surface area (Å²) in [6, 6.07) is 13.1. The molecule has 0 aromatic heterocycles. The van der Waals surface area contributed by atoms with Gasteiger partial charge in [-0.3, -0.25) is 10.2 Å². The van der Waals surface area contributed by atoms with Crippen LogP contribution in [0.5, 0.6) is 11.5 Å². The zero-order valence-corrected chi connectivity index (χ0v) is 21.1. The number of fused-ring (bicyclic) bond motifs is 1. The molecule has 1 amide bonds. The first kappa shape index (κ1) is 24.4. The van der Waals surface area contributed by atoms with Gasteiger partial charge < -0.3 is 9.47 Å². The van der Waals surface area contributed by atoms with E-state index in [2.05, 4.69) is 17.0 Å². The summed E-state index contributed by atoms with van der Waals surface area (Å²) in [6.45, 7) is 2.55. The van der Waals surface area contributed by atoms with Gasteiger partial charge in [0.15, 0.2) is 17.3 Å². The van der Waals surface area contributed by atoms with E-state index >= 15 is 0 Å². The van der Waals surface area contributed by atoms with Crippen molar-refractivity contribution in [1.29, 1.82) is 5.41 Å². The third-order valence-corrected chi connectivity index (χ3v) is 7.08. The average Bonchev–Trinajstić information content (AvgIpc) is 3.24. The van der Waals surface area contributed by atoms with Crippen molar-refractivity contribution in [2.45, 2.75) is 24.7 Å². The van der Waals surface area contributed by atoms with Crippen molar-refractivity contribution in [2.75, 3.05) is 19.5 Å². The predicted molar refractivity (Wildman–Crippen MR) is 141 cm³/mol. The summed E-state index contributed by atoms with van der Waals surface area (Å²) < 4.78 is 11.4. The Kier molecular flexibility index (Phi) is 7.97. The molecular formula is C24H23ClN4O3S2.